The third-order valence-electron chi connectivity index (χ3n) is 2.44. The van der Waals surface area contributed by atoms with Gasteiger partial charge in [-0.1, -0.05) is 0 Å². The molecule has 3 nitrogen and oxygen atoms in total. The average molecular weight is 158 g/mol. The molecule has 1 heterocycles. The van der Waals surface area contributed by atoms with E-state index in [0.29, 0.717) is 12.0 Å². The molecule has 11 heavy (non-hydrogen) atoms. The van der Waals surface area contributed by atoms with Gasteiger partial charge in [-0.25, -0.2) is 0 Å². The molecule has 1 rings (SSSR count). The van der Waals surface area contributed by atoms with E-state index >= 15 is 0 Å². The maximum atomic E-state index is 5.77. The molecule has 1 saturated heterocycles. The standard InChI is InChI=1S/C8H18N2O/c1-6(9)7-3-4-8(11-2)10-5-7/h6-8,10H,3-5,9H2,1-2H3. The van der Waals surface area contributed by atoms with E-state index in [0.717, 1.165) is 13.0 Å². The molecule has 0 aliphatic carbocycles. The second kappa shape index (κ2) is 4.04. The molecule has 1 aliphatic rings. The van der Waals surface area contributed by atoms with Crippen molar-refractivity contribution in [2.24, 2.45) is 11.7 Å². The van der Waals surface area contributed by atoms with Crippen LogP contribution in [0.15, 0.2) is 0 Å². The first-order valence-corrected chi connectivity index (χ1v) is 4.25. The van der Waals surface area contributed by atoms with Crippen molar-refractivity contribution >= 4 is 0 Å². The molecule has 0 bridgehead atoms. The van der Waals surface area contributed by atoms with Crippen LogP contribution in [0.5, 0.6) is 0 Å². The lowest BCUT2D eigenvalue weighted by atomic mass is 9.93. The molecule has 0 aromatic heterocycles. The summed E-state index contributed by atoms with van der Waals surface area (Å²) in [6.45, 7) is 3.07. The molecule has 3 atom stereocenters. The van der Waals surface area contributed by atoms with Crippen LogP contribution in [0.1, 0.15) is 19.8 Å². The molecule has 1 fully saturated rings. The first-order valence-electron chi connectivity index (χ1n) is 4.25. The molecule has 0 aromatic carbocycles. The number of ether oxygens (including phenoxy) is 1. The average Bonchev–Trinajstić information content (AvgIpc) is 2.05. The highest BCUT2D eigenvalue weighted by molar-refractivity contribution is 4.77. The third-order valence-corrected chi connectivity index (χ3v) is 2.44. The topological polar surface area (TPSA) is 47.3 Å². The van der Waals surface area contributed by atoms with Crippen molar-refractivity contribution in [1.82, 2.24) is 5.32 Å². The molecule has 66 valence electrons. The van der Waals surface area contributed by atoms with Gasteiger partial charge in [-0.2, -0.15) is 0 Å². The van der Waals surface area contributed by atoms with E-state index in [2.05, 4.69) is 12.2 Å². The molecule has 0 radical (unpaired) electrons. The van der Waals surface area contributed by atoms with Crippen molar-refractivity contribution in [2.75, 3.05) is 13.7 Å². The lowest BCUT2D eigenvalue weighted by Crippen LogP contribution is -2.45. The first kappa shape index (κ1) is 8.97. The predicted molar refractivity (Wildman–Crippen MR) is 45.2 cm³/mol. The number of hydrogen-bond donors (Lipinski definition) is 2. The summed E-state index contributed by atoms with van der Waals surface area (Å²) >= 11 is 0. The molecular formula is C8H18N2O. The van der Waals surface area contributed by atoms with E-state index < -0.39 is 0 Å². The number of nitrogens with one attached hydrogen (secondary N) is 1. The van der Waals surface area contributed by atoms with Crippen molar-refractivity contribution in [3.63, 3.8) is 0 Å². The summed E-state index contributed by atoms with van der Waals surface area (Å²) in [7, 11) is 1.74. The number of methoxy groups -OCH3 is 1. The summed E-state index contributed by atoms with van der Waals surface area (Å²) in [6, 6.07) is 0.306. The fraction of sp³-hybridized carbons (Fsp3) is 1.00. The van der Waals surface area contributed by atoms with Crippen LogP contribution >= 0.6 is 0 Å². The van der Waals surface area contributed by atoms with Gasteiger partial charge in [-0.3, -0.25) is 5.32 Å². The fourth-order valence-corrected chi connectivity index (χ4v) is 1.50. The van der Waals surface area contributed by atoms with E-state index in [-0.39, 0.29) is 6.23 Å². The molecule has 0 saturated carbocycles. The van der Waals surface area contributed by atoms with Crippen molar-refractivity contribution in [2.45, 2.75) is 32.0 Å². The predicted octanol–water partition coefficient (Wildman–Crippen LogP) is 0.306. The van der Waals surface area contributed by atoms with Crippen LogP contribution in [0, 0.1) is 5.92 Å². The molecule has 0 spiro atoms. The molecule has 3 heteroatoms. The van der Waals surface area contributed by atoms with Crippen LogP contribution in [0.25, 0.3) is 0 Å². The van der Waals surface area contributed by atoms with Crippen molar-refractivity contribution in [3.05, 3.63) is 0 Å². The fourth-order valence-electron chi connectivity index (χ4n) is 1.50. The Labute approximate surface area is 68.3 Å². The Balaban J connectivity index is 2.24. The third kappa shape index (κ3) is 2.43. The normalized spacial score (nSPS) is 35.2. The smallest absolute Gasteiger partial charge is 0.107 e. The first-order chi connectivity index (χ1) is 5.24. The maximum absolute atomic E-state index is 5.77. The molecule has 0 aromatic rings. The van der Waals surface area contributed by atoms with Gasteiger partial charge in [-0.05, 0) is 25.7 Å². The van der Waals surface area contributed by atoms with Gasteiger partial charge in [0.05, 0.1) is 0 Å². The Morgan fingerprint density at radius 3 is 2.64 bits per heavy atom. The summed E-state index contributed by atoms with van der Waals surface area (Å²) in [4.78, 5) is 0. The molecular weight excluding hydrogens is 140 g/mol. The van der Waals surface area contributed by atoms with Crippen molar-refractivity contribution in [3.8, 4) is 0 Å². The second-order valence-corrected chi connectivity index (χ2v) is 3.33. The van der Waals surface area contributed by atoms with Crippen LogP contribution in [0.4, 0.5) is 0 Å². The van der Waals surface area contributed by atoms with Crippen molar-refractivity contribution in [1.29, 1.82) is 0 Å². The van der Waals surface area contributed by atoms with Gasteiger partial charge >= 0.3 is 0 Å². The highest BCUT2D eigenvalue weighted by atomic mass is 16.5. The van der Waals surface area contributed by atoms with Crippen LogP contribution in [0.2, 0.25) is 0 Å². The van der Waals surface area contributed by atoms with E-state index in [1.807, 2.05) is 0 Å². The zero-order valence-electron chi connectivity index (χ0n) is 7.34. The quantitative estimate of drug-likeness (QED) is 0.608. The minimum Gasteiger partial charge on any atom is -0.367 e. The Kier molecular flexibility index (Phi) is 3.30. The summed E-state index contributed by atoms with van der Waals surface area (Å²) in [5.74, 6) is 0.626. The van der Waals surface area contributed by atoms with Gasteiger partial charge in [0.2, 0.25) is 0 Å². The Hall–Kier alpha value is -0.120. The number of rotatable bonds is 2. The number of piperidine rings is 1. The lowest BCUT2D eigenvalue weighted by Gasteiger charge is -2.30. The van der Waals surface area contributed by atoms with Gasteiger partial charge in [0, 0.05) is 19.7 Å². The Morgan fingerprint density at radius 1 is 1.55 bits per heavy atom. The summed E-state index contributed by atoms with van der Waals surface area (Å²) in [6.07, 6.45) is 2.52. The highest BCUT2D eigenvalue weighted by Crippen LogP contribution is 2.16. The zero-order chi connectivity index (χ0) is 8.27. The van der Waals surface area contributed by atoms with E-state index in [1.165, 1.54) is 6.42 Å². The van der Waals surface area contributed by atoms with Crippen LogP contribution in [-0.4, -0.2) is 25.9 Å². The van der Waals surface area contributed by atoms with Gasteiger partial charge < -0.3 is 10.5 Å². The largest absolute Gasteiger partial charge is 0.367 e. The minimum absolute atomic E-state index is 0.255. The number of nitrogens with two attached hydrogens (primary N) is 1. The lowest BCUT2D eigenvalue weighted by molar-refractivity contribution is 0.0367. The summed E-state index contributed by atoms with van der Waals surface area (Å²) in [5, 5.41) is 3.30. The van der Waals surface area contributed by atoms with E-state index in [1.54, 1.807) is 7.11 Å². The van der Waals surface area contributed by atoms with Crippen LogP contribution < -0.4 is 11.1 Å². The minimum atomic E-state index is 0.255. The molecule has 3 unspecified atom stereocenters. The van der Waals surface area contributed by atoms with Gasteiger partial charge in [-0.15, -0.1) is 0 Å². The van der Waals surface area contributed by atoms with Crippen LogP contribution in [0.3, 0.4) is 0 Å². The molecule has 0 amide bonds. The van der Waals surface area contributed by atoms with Gasteiger partial charge in [0.1, 0.15) is 6.23 Å². The molecule has 1 aliphatic heterocycles. The second-order valence-electron chi connectivity index (χ2n) is 3.33. The van der Waals surface area contributed by atoms with Gasteiger partial charge in [0.25, 0.3) is 0 Å². The Bertz CT molecular complexity index is 109. The SMILES string of the molecule is COC1CCC(C(C)N)CN1. The van der Waals surface area contributed by atoms with Gasteiger partial charge in [0.15, 0.2) is 0 Å². The summed E-state index contributed by atoms with van der Waals surface area (Å²) < 4.78 is 5.17. The van der Waals surface area contributed by atoms with Crippen LogP contribution in [-0.2, 0) is 4.74 Å². The Morgan fingerprint density at radius 2 is 2.27 bits per heavy atom. The maximum Gasteiger partial charge on any atom is 0.107 e. The molecule has 3 N–H and O–H groups in total. The monoisotopic (exact) mass is 158 g/mol. The van der Waals surface area contributed by atoms with E-state index in [4.69, 9.17) is 10.5 Å². The van der Waals surface area contributed by atoms with E-state index in [9.17, 15) is 0 Å². The van der Waals surface area contributed by atoms with Crippen molar-refractivity contribution < 1.29 is 4.74 Å². The highest BCUT2D eigenvalue weighted by Gasteiger charge is 2.22. The summed E-state index contributed by atoms with van der Waals surface area (Å²) in [5.41, 5.74) is 5.77. The zero-order valence-corrected chi connectivity index (χ0v) is 7.34. The number of hydrogen-bond acceptors (Lipinski definition) is 3.